The fourth-order valence-corrected chi connectivity index (χ4v) is 2.29. The maximum absolute atomic E-state index is 12.2. The van der Waals surface area contributed by atoms with Crippen molar-refractivity contribution in [3.8, 4) is 0 Å². The molecule has 0 aliphatic heterocycles. The summed E-state index contributed by atoms with van der Waals surface area (Å²) in [5.74, 6) is 0.0105. The van der Waals surface area contributed by atoms with Crippen LogP contribution in [0.25, 0.3) is 0 Å². The van der Waals surface area contributed by atoms with Crippen LogP contribution in [0.2, 0.25) is 0 Å². The number of hydrogen-bond donors (Lipinski definition) is 2. The van der Waals surface area contributed by atoms with Gasteiger partial charge in [0, 0.05) is 12.1 Å². The molecule has 1 fully saturated rings. The maximum atomic E-state index is 12.2. The number of nitrogens with one attached hydrogen (secondary N) is 1. The van der Waals surface area contributed by atoms with Crippen molar-refractivity contribution >= 4 is 5.91 Å². The van der Waals surface area contributed by atoms with Gasteiger partial charge in [-0.15, -0.1) is 0 Å². The van der Waals surface area contributed by atoms with Crippen LogP contribution in [0.15, 0.2) is 18.2 Å². The molecule has 3 heteroatoms. The van der Waals surface area contributed by atoms with Crippen molar-refractivity contribution in [2.75, 3.05) is 6.54 Å². The fraction of sp³-hybridized carbons (Fsp3) is 0.500. The molecular weight excluding hydrogens is 212 g/mol. The summed E-state index contributed by atoms with van der Waals surface area (Å²) in [5.41, 5.74) is 8.57. The van der Waals surface area contributed by atoms with Crippen LogP contribution >= 0.6 is 0 Å². The van der Waals surface area contributed by atoms with E-state index in [4.69, 9.17) is 5.73 Å². The summed E-state index contributed by atoms with van der Waals surface area (Å²) < 4.78 is 0. The molecule has 92 valence electrons. The van der Waals surface area contributed by atoms with E-state index in [1.807, 2.05) is 32.0 Å². The van der Waals surface area contributed by atoms with Gasteiger partial charge in [-0.3, -0.25) is 4.79 Å². The summed E-state index contributed by atoms with van der Waals surface area (Å²) in [6.07, 6.45) is 3.16. The van der Waals surface area contributed by atoms with Crippen LogP contribution in [0.4, 0.5) is 0 Å². The van der Waals surface area contributed by atoms with E-state index >= 15 is 0 Å². The Morgan fingerprint density at radius 1 is 1.41 bits per heavy atom. The number of rotatable bonds is 3. The molecule has 0 radical (unpaired) electrons. The number of carbonyl (C=O) groups excluding carboxylic acids is 1. The van der Waals surface area contributed by atoms with Gasteiger partial charge in [-0.25, -0.2) is 0 Å². The summed E-state index contributed by atoms with van der Waals surface area (Å²) in [6, 6.07) is 5.82. The molecule has 3 nitrogen and oxygen atoms in total. The van der Waals surface area contributed by atoms with Gasteiger partial charge in [0.1, 0.15) is 0 Å². The summed E-state index contributed by atoms with van der Waals surface area (Å²) in [6.45, 7) is 4.54. The first-order chi connectivity index (χ1) is 8.08. The Hall–Kier alpha value is -1.35. The molecule has 1 amide bonds. The molecule has 1 aliphatic carbocycles. The second kappa shape index (κ2) is 4.49. The monoisotopic (exact) mass is 232 g/mol. The van der Waals surface area contributed by atoms with E-state index in [0.717, 1.165) is 36.0 Å². The summed E-state index contributed by atoms with van der Waals surface area (Å²) in [7, 11) is 0. The molecule has 1 saturated carbocycles. The Bertz CT molecular complexity index is 430. The van der Waals surface area contributed by atoms with E-state index in [2.05, 4.69) is 5.32 Å². The standard InChI is InChI=1S/C14H20N2O/c1-10-5-3-6-12(11(10)2)13(17)16-14(9-15)7-4-8-14/h3,5-6H,4,7-9,15H2,1-2H3,(H,16,17). The highest BCUT2D eigenvalue weighted by Crippen LogP contribution is 2.31. The van der Waals surface area contributed by atoms with E-state index < -0.39 is 0 Å². The predicted molar refractivity (Wildman–Crippen MR) is 69.0 cm³/mol. The fourth-order valence-electron chi connectivity index (χ4n) is 2.29. The van der Waals surface area contributed by atoms with Crippen molar-refractivity contribution in [3.63, 3.8) is 0 Å². The Morgan fingerprint density at radius 3 is 2.65 bits per heavy atom. The zero-order chi connectivity index (χ0) is 12.5. The first-order valence-electron chi connectivity index (χ1n) is 6.17. The molecule has 0 saturated heterocycles. The second-order valence-electron chi connectivity index (χ2n) is 5.04. The van der Waals surface area contributed by atoms with E-state index in [1.165, 1.54) is 0 Å². The molecule has 0 heterocycles. The molecule has 0 atom stereocenters. The molecular formula is C14H20N2O. The normalized spacial score (nSPS) is 17.4. The highest BCUT2D eigenvalue weighted by atomic mass is 16.1. The smallest absolute Gasteiger partial charge is 0.252 e. The quantitative estimate of drug-likeness (QED) is 0.836. The molecule has 0 unspecified atom stereocenters. The van der Waals surface area contributed by atoms with E-state index in [-0.39, 0.29) is 11.4 Å². The average Bonchev–Trinajstić information content (AvgIpc) is 2.27. The zero-order valence-corrected chi connectivity index (χ0v) is 10.5. The third-order valence-corrected chi connectivity index (χ3v) is 3.93. The SMILES string of the molecule is Cc1cccc(C(=O)NC2(CN)CCC2)c1C. The van der Waals surface area contributed by atoms with E-state index in [9.17, 15) is 4.79 Å². The summed E-state index contributed by atoms with van der Waals surface area (Å²) >= 11 is 0. The van der Waals surface area contributed by atoms with Gasteiger partial charge in [-0.1, -0.05) is 12.1 Å². The maximum Gasteiger partial charge on any atom is 0.252 e. The number of carbonyl (C=O) groups is 1. The topological polar surface area (TPSA) is 55.1 Å². The lowest BCUT2D eigenvalue weighted by Crippen LogP contribution is -2.58. The van der Waals surface area contributed by atoms with Crippen molar-refractivity contribution in [3.05, 3.63) is 34.9 Å². The Balaban J connectivity index is 2.17. The van der Waals surface area contributed by atoms with Crippen molar-refractivity contribution < 1.29 is 4.79 Å². The van der Waals surface area contributed by atoms with Crippen molar-refractivity contribution in [2.24, 2.45) is 5.73 Å². The van der Waals surface area contributed by atoms with Crippen LogP contribution in [0.5, 0.6) is 0 Å². The molecule has 1 aliphatic rings. The molecule has 0 bridgehead atoms. The largest absolute Gasteiger partial charge is 0.345 e. The number of hydrogen-bond acceptors (Lipinski definition) is 2. The minimum absolute atomic E-state index is 0.0105. The molecule has 3 N–H and O–H groups in total. The molecule has 0 aromatic heterocycles. The minimum atomic E-state index is -0.146. The number of amides is 1. The van der Waals surface area contributed by atoms with Crippen molar-refractivity contribution in [2.45, 2.75) is 38.6 Å². The molecule has 1 aromatic carbocycles. The van der Waals surface area contributed by atoms with Crippen LogP contribution in [0.1, 0.15) is 40.7 Å². The number of nitrogens with two attached hydrogens (primary N) is 1. The molecule has 1 aromatic rings. The highest BCUT2D eigenvalue weighted by molar-refractivity contribution is 5.96. The number of aryl methyl sites for hydroxylation is 1. The average molecular weight is 232 g/mol. The van der Waals surface area contributed by atoms with Gasteiger partial charge in [-0.2, -0.15) is 0 Å². The van der Waals surface area contributed by atoms with Crippen LogP contribution < -0.4 is 11.1 Å². The Labute approximate surface area is 102 Å². The second-order valence-corrected chi connectivity index (χ2v) is 5.04. The van der Waals surface area contributed by atoms with Crippen molar-refractivity contribution in [1.82, 2.24) is 5.32 Å². The molecule has 2 rings (SSSR count). The first kappa shape index (κ1) is 12.1. The van der Waals surface area contributed by atoms with Gasteiger partial charge >= 0.3 is 0 Å². The van der Waals surface area contributed by atoms with Gasteiger partial charge in [0.2, 0.25) is 0 Å². The first-order valence-corrected chi connectivity index (χ1v) is 6.17. The summed E-state index contributed by atoms with van der Waals surface area (Å²) in [5, 5.41) is 3.10. The third kappa shape index (κ3) is 2.20. The highest BCUT2D eigenvalue weighted by Gasteiger charge is 2.37. The lowest BCUT2D eigenvalue weighted by molar-refractivity contribution is 0.0837. The van der Waals surface area contributed by atoms with E-state index in [0.29, 0.717) is 6.54 Å². The molecule has 0 spiro atoms. The Kier molecular flexibility index (Phi) is 3.20. The van der Waals surface area contributed by atoms with Gasteiger partial charge in [0.25, 0.3) is 5.91 Å². The zero-order valence-electron chi connectivity index (χ0n) is 10.5. The number of benzene rings is 1. The molecule has 17 heavy (non-hydrogen) atoms. The van der Waals surface area contributed by atoms with Gasteiger partial charge in [0.15, 0.2) is 0 Å². The predicted octanol–water partition coefficient (Wildman–Crippen LogP) is 1.91. The minimum Gasteiger partial charge on any atom is -0.345 e. The van der Waals surface area contributed by atoms with Gasteiger partial charge in [-0.05, 0) is 50.3 Å². The van der Waals surface area contributed by atoms with Crippen molar-refractivity contribution in [1.29, 1.82) is 0 Å². The lowest BCUT2D eigenvalue weighted by atomic mass is 9.76. The third-order valence-electron chi connectivity index (χ3n) is 3.93. The van der Waals surface area contributed by atoms with Crippen LogP contribution in [-0.2, 0) is 0 Å². The summed E-state index contributed by atoms with van der Waals surface area (Å²) in [4.78, 5) is 12.2. The lowest BCUT2D eigenvalue weighted by Gasteiger charge is -2.41. The van der Waals surface area contributed by atoms with Gasteiger partial charge < -0.3 is 11.1 Å². The van der Waals surface area contributed by atoms with Gasteiger partial charge in [0.05, 0.1) is 5.54 Å². The van der Waals surface area contributed by atoms with Crippen LogP contribution in [0, 0.1) is 13.8 Å². The van der Waals surface area contributed by atoms with Crippen LogP contribution in [-0.4, -0.2) is 18.0 Å². The van der Waals surface area contributed by atoms with Crippen LogP contribution in [0.3, 0.4) is 0 Å². The Morgan fingerprint density at radius 2 is 2.12 bits per heavy atom. The van der Waals surface area contributed by atoms with E-state index in [1.54, 1.807) is 0 Å².